The van der Waals surface area contributed by atoms with E-state index in [1.165, 1.54) is 0 Å². The lowest BCUT2D eigenvalue weighted by Crippen LogP contribution is -2.36. The molecule has 0 spiro atoms. The number of nitrogens with one attached hydrogen (secondary N) is 2. The average molecular weight is 328 g/mol. The van der Waals surface area contributed by atoms with E-state index in [1.54, 1.807) is 43.5 Å². The molecule has 24 heavy (non-hydrogen) atoms. The second kappa shape index (κ2) is 9.19. The largest absolute Gasteiger partial charge is 0.497 e. The summed E-state index contributed by atoms with van der Waals surface area (Å²) in [7, 11) is 1.57. The zero-order valence-electron chi connectivity index (χ0n) is 13.5. The highest BCUT2D eigenvalue weighted by atomic mass is 16.5. The van der Waals surface area contributed by atoms with Crippen LogP contribution in [0, 0.1) is 0 Å². The number of carbonyl (C=O) groups excluding carboxylic acids is 2. The van der Waals surface area contributed by atoms with Crippen LogP contribution in [0.15, 0.2) is 54.6 Å². The van der Waals surface area contributed by atoms with E-state index < -0.39 is 0 Å². The molecule has 2 rings (SSSR count). The topological polar surface area (TPSA) is 76.7 Å². The lowest BCUT2D eigenvalue weighted by molar-refractivity contribution is -0.123. The van der Waals surface area contributed by atoms with E-state index >= 15 is 0 Å². The molecule has 126 valence electrons. The Kier molecular flexibility index (Phi) is 6.64. The zero-order valence-corrected chi connectivity index (χ0v) is 13.5. The Balaban J connectivity index is 1.63. The number of benzene rings is 2. The zero-order chi connectivity index (χ0) is 17.2. The fourth-order valence-corrected chi connectivity index (χ4v) is 1.94. The molecule has 2 aromatic rings. The highest BCUT2D eigenvalue weighted by molar-refractivity contribution is 5.94. The van der Waals surface area contributed by atoms with Crippen molar-refractivity contribution < 1.29 is 19.1 Å². The van der Waals surface area contributed by atoms with Crippen LogP contribution in [-0.4, -0.2) is 38.6 Å². The van der Waals surface area contributed by atoms with Gasteiger partial charge in [0.25, 0.3) is 11.8 Å². The maximum absolute atomic E-state index is 11.9. The summed E-state index contributed by atoms with van der Waals surface area (Å²) < 4.78 is 10.4. The van der Waals surface area contributed by atoms with Crippen LogP contribution in [0.2, 0.25) is 0 Å². The lowest BCUT2D eigenvalue weighted by Gasteiger charge is -2.09. The molecular formula is C18H20N2O4. The summed E-state index contributed by atoms with van der Waals surface area (Å²) >= 11 is 0. The monoisotopic (exact) mass is 328 g/mol. The van der Waals surface area contributed by atoms with Gasteiger partial charge in [0.15, 0.2) is 6.61 Å². The number of rotatable bonds is 8. The second-order valence-electron chi connectivity index (χ2n) is 4.94. The highest BCUT2D eigenvalue weighted by Crippen LogP contribution is 2.11. The average Bonchev–Trinajstić information content (AvgIpc) is 2.64. The van der Waals surface area contributed by atoms with Crippen molar-refractivity contribution in [3.63, 3.8) is 0 Å². The normalized spacial score (nSPS) is 9.88. The first kappa shape index (κ1) is 17.3. The first-order chi connectivity index (χ1) is 11.7. The summed E-state index contributed by atoms with van der Waals surface area (Å²) in [5.41, 5.74) is 0.537. The van der Waals surface area contributed by atoms with Crippen molar-refractivity contribution in [2.75, 3.05) is 26.8 Å². The predicted molar refractivity (Wildman–Crippen MR) is 90.3 cm³/mol. The molecule has 0 radical (unpaired) electrons. The van der Waals surface area contributed by atoms with Gasteiger partial charge in [0.05, 0.1) is 7.11 Å². The molecule has 2 aromatic carbocycles. The molecule has 0 saturated heterocycles. The summed E-state index contributed by atoms with van der Waals surface area (Å²) in [5, 5.41) is 5.41. The third kappa shape index (κ3) is 5.64. The molecular weight excluding hydrogens is 308 g/mol. The van der Waals surface area contributed by atoms with Crippen molar-refractivity contribution in [1.82, 2.24) is 10.6 Å². The molecule has 0 bridgehead atoms. The summed E-state index contributed by atoms with van der Waals surface area (Å²) in [6, 6.07) is 15.9. The molecule has 0 heterocycles. The van der Waals surface area contributed by atoms with Gasteiger partial charge >= 0.3 is 0 Å². The number of ether oxygens (including phenoxy) is 2. The van der Waals surface area contributed by atoms with E-state index in [4.69, 9.17) is 9.47 Å². The van der Waals surface area contributed by atoms with Crippen LogP contribution < -0.4 is 20.1 Å². The maximum Gasteiger partial charge on any atom is 0.258 e. The van der Waals surface area contributed by atoms with Crippen LogP contribution >= 0.6 is 0 Å². The number of para-hydroxylation sites is 1. The van der Waals surface area contributed by atoms with Crippen LogP contribution in [0.5, 0.6) is 11.5 Å². The molecule has 0 aliphatic rings. The van der Waals surface area contributed by atoms with Gasteiger partial charge in [0.1, 0.15) is 11.5 Å². The molecule has 0 saturated carbocycles. The van der Waals surface area contributed by atoms with Gasteiger partial charge in [-0.15, -0.1) is 0 Å². The van der Waals surface area contributed by atoms with Gasteiger partial charge < -0.3 is 20.1 Å². The Labute approximate surface area is 140 Å². The first-order valence-electron chi connectivity index (χ1n) is 7.56. The van der Waals surface area contributed by atoms with Gasteiger partial charge in [-0.25, -0.2) is 0 Å². The Morgan fingerprint density at radius 3 is 2.21 bits per heavy atom. The van der Waals surface area contributed by atoms with Gasteiger partial charge in [-0.05, 0) is 36.4 Å². The Morgan fingerprint density at radius 1 is 0.875 bits per heavy atom. The molecule has 0 atom stereocenters. The highest BCUT2D eigenvalue weighted by Gasteiger charge is 2.06. The molecule has 6 nitrogen and oxygen atoms in total. The van der Waals surface area contributed by atoms with Gasteiger partial charge in [-0.2, -0.15) is 0 Å². The molecule has 0 aliphatic heterocycles. The van der Waals surface area contributed by atoms with E-state index in [-0.39, 0.29) is 18.4 Å². The van der Waals surface area contributed by atoms with Crippen LogP contribution in [0.3, 0.4) is 0 Å². The summed E-state index contributed by atoms with van der Waals surface area (Å²) in [5.74, 6) is 0.891. The van der Waals surface area contributed by atoms with Crippen molar-refractivity contribution in [3.8, 4) is 11.5 Å². The summed E-state index contributed by atoms with van der Waals surface area (Å²) in [6.45, 7) is 0.608. The van der Waals surface area contributed by atoms with Crippen molar-refractivity contribution >= 4 is 11.8 Å². The second-order valence-corrected chi connectivity index (χ2v) is 4.94. The van der Waals surface area contributed by atoms with Crippen LogP contribution in [0.1, 0.15) is 10.4 Å². The Morgan fingerprint density at radius 2 is 1.54 bits per heavy atom. The van der Waals surface area contributed by atoms with Crippen LogP contribution in [-0.2, 0) is 4.79 Å². The number of methoxy groups -OCH3 is 1. The van der Waals surface area contributed by atoms with E-state index in [0.717, 1.165) is 0 Å². The third-order valence-electron chi connectivity index (χ3n) is 3.20. The minimum absolute atomic E-state index is 0.0591. The van der Waals surface area contributed by atoms with E-state index in [9.17, 15) is 9.59 Å². The summed E-state index contributed by atoms with van der Waals surface area (Å²) in [4.78, 5) is 23.5. The fourth-order valence-electron chi connectivity index (χ4n) is 1.94. The smallest absolute Gasteiger partial charge is 0.258 e. The molecule has 0 aliphatic carbocycles. The third-order valence-corrected chi connectivity index (χ3v) is 3.20. The van der Waals surface area contributed by atoms with Crippen molar-refractivity contribution in [3.05, 3.63) is 60.2 Å². The number of carbonyl (C=O) groups is 2. The minimum Gasteiger partial charge on any atom is -0.497 e. The van der Waals surface area contributed by atoms with Gasteiger partial charge in [0.2, 0.25) is 0 Å². The van der Waals surface area contributed by atoms with Crippen LogP contribution in [0.25, 0.3) is 0 Å². The fraction of sp³-hybridized carbons (Fsp3) is 0.222. The maximum atomic E-state index is 11.9. The molecule has 6 heteroatoms. The standard InChI is InChI=1S/C18H20N2O4/c1-23-15-9-7-14(8-10-15)18(22)20-12-11-19-17(21)13-24-16-5-3-2-4-6-16/h2-10H,11-13H2,1H3,(H,19,21)(H,20,22). The Hall–Kier alpha value is -3.02. The Bertz CT molecular complexity index is 656. The molecule has 2 N–H and O–H groups in total. The minimum atomic E-state index is -0.238. The first-order valence-corrected chi connectivity index (χ1v) is 7.56. The number of hydrogen-bond acceptors (Lipinski definition) is 4. The SMILES string of the molecule is COc1ccc(C(=O)NCCNC(=O)COc2ccccc2)cc1. The summed E-state index contributed by atoms with van der Waals surface area (Å²) in [6.07, 6.45) is 0. The quantitative estimate of drug-likeness (QED) is 0.722. The van der Waals surface area contributed by atoms with Crippen molar-refractivity contribution in [2.24, 2.45) is 0 Å². The van der Waals surface area contributed by atoms with Gasteiger partial charge in [-0.1, -0.05) is 18.2 Å². The molecule has 0 unspecified atom stereocenters. The number of hydrogen-bond donors (Lipinski definition) is 2. The predicted octanol–water partition coefficient (Wildman–Crippen LogP) is 1.62. The molecule has 0 aromatic heterocycles. The van der Waals surface area contributed by atoms with Gasteiger partial charge in [0, 0.05) is 18.7 Å². The van der Waals surface area contributed by atoms with Crippen LogP contribution in [0.4, 0.5) is 0 Å². The van der Waals surface area contributed by atoms with Crippen molar-refractivity contribution in [2.45, 2.75) is 0 Å². The van der Waals surface area contributed by atoms with Crippen molar-refractivity contribution in [1.29, 1.82) is 0 Å². The molecule has 2 amide bonds. The molecule has 0 fully saturated rings. The van der Waals surface area contributed by atoms with Gasteiger partial charge in [-0.3, -0.25) is 9.59 Å². The van der Waals surface area contributed by atoms with E-state index in [0.29, 0.717) is 30.2 Å². The lowest BCUT2D eigenvalue weighted by atomic mass is 10.2. The van der Waals surface area contributed by atoms with E-state index in [1.807, 2.05) is 18.2 Å². The number of amides is 2. The van der Waals surface area contributed by atoms with E-state index in [2.05, 4.69) is 10.6 Å².